The molecule has 2 aromatic heterocycles. The summed E-state index contributed by atoms with van der Waals surface area (Å²) in [5, 5.41) is 14.0. The van der Waals surface area contributed by atoms with Crippen molar-refractivity contribution >= 4 is 17.0 Å². The number of pyridine rings is 1. The zero-order valence-corrected chi connectivity index (χ0v) is 18.3. The van der Waals surface area contributed by atoms with Gasteiger partial charge in [-0.1, -0.05) is 19.3 Å². The Morgan fingerprint density at radius 2 is 1.90 bits per heavy atom. The Hall–Kier alpha value is -2.80. The number of nitrogens with one attached hydrogen (secondary N) is 1. The van der Waals surface area contributed by atoms with Crippen LogP contribution in [0.5, 0.6) is 0 Å². The highest BCUT2D eigenvalue weighted by atomic mass is 19.1. The number of hydrogen-bond acceptors (Lipinski definition) is 5. The molecule has 0 bridgehead atoms. The average Bonchev–Trinajstić information content (AvgIpc) is 2.72. The van der Waals surface area contributed by atoms with Gasteiger partial charge < -0.3 is 10.4 Å². The standard InChI is InChI=1S/C24H29FN4O2/c1-15-13-16(25)9-10-18(15)21-19-11-12-20(30)29(17-7-5-4-6-8-17)22(19)28-23(27-21)26-14-24(2,3)31/h9-13,17,31H,4-8,14H2,1-3H3,(H,26,27,28). The zero-order valence-electron chi connectivity index (χ0n) is 18.3. The van der Waals surface area contributed by atoms with Crippen LogP contribution in [-0.2, 0) is 0 Å². The van der Waals surface area contributed by atoms with E-state index in [1.807, 2.05) is 6.92 Å². The van der Waals surface area contributed by atoms with Gasteiger partial charge >= 0.3 is 0 Å². The number of benzene rings is 1. The summed E-state index contributed by atoms with van der Waals surface area (Å²) in [6.45, 7) is 5.49. The molecule has 0 atom stereocenters. The van der Waals surface area contributed by atoms with Crippen molar-refractivity contribution in [3.05, 3.63) is 52.1 Å². The van der Waals surface area contributed by atoms with E-state index in [-0.39, 0.29) is 24.0 Å². The van der Waals surface area contributed by atoms with Crippen molar-refractivity contribution in [2.75, 3.05) is 11.9 Å². The molecule has 1 saturated carbocycles. The van der Waals surface area contributed by atoms with Gasteiger partial charge in [0.15, 0.2) is 0 Å². The molecule has 1 aliphatic rings. The molecule has 31 heavy (non-hydrogen) atoms. The first-order chi connectivity index (χ1) is 14.7. The van der Waals surface area contributed by atoms with Gasteiger partial charge in [0.1, 0.15) is 11.5 Å². The van der Waals surface area contributed by atoms with Crippen molar-refractivity contribution in [2.24, 2.45) is 0 Å². The molecule has 4 rings (SSSR count). The Labute approximate surface area is 181 Å². The van der Waals surface area contributed by atoms with Crippen LogP contribution < -0.4 is 10.9 Å². The fourth-order valence-corrected chi connectivity index (χ4v) is 4.30. The van der Waals surface area contributed by atoms with E-state index in [0.29, 0.717) is 17.3 Å². The predicted molar refractivity (Wildman–Crippen MR) is 121 cm³/mol. The smallest absolute Gasteiger partial charge is 0.252 e. The fourth-order valence-electron chi connectivity index (χ4n) is 4.30. The lowest BCUT2D eigenvalue weighted by molar-refractivity contribution is 0.0943. The normalized spacial score (nSPS) is 15.4. The number of aliphatic hydroxyl groups is 1. The van der Waals surface area contributed by atoms with Gasteiger partial charge in [-0.3, -0.25) is 9.36 Å². The van der Waals surface area contributed by atoms with E-state index in [9.17, 15) is 14.3 Å². The van der Waals surface area contributed by atoms with Gasteiger partial charge in [0.05, 0.1) is 11.3 Å². The lowest BCUT2D eigenvalue weighted by atomic mass is 9.95. The van der Waals surface area contributed by atoms with Gasteiger partial charge in [0.25, 0.3) is 5.56 Å². The molecule has 1 fully saturated rings. The van der Waals surface area contributed by atoms with Crippen molar-refractivity contribution in [1.29, 1.82) is 0 Å². The minimum absolute atomic E-state index is 0.0756. The molecule has 164 valence electrons. The van der Waals surface area contributed by atoms with Gasteiger partial charge in [0, 0.05) is 29.6 Å². The van der Waals surface area contributed by atoms with Crippen LogP contribution in [0.2, 0.25) is 0 Å². The molecule has 0 unspecified atom stereocenters. The van der Waals surface area contributed by atoms with E-state index in [1.165, 1.54) is 18.6 Å². The van der Waals surface area contributed by atoms with Crippen LogP contribution in [0.25, 0.3) is 22.3 Å². The zero-order chi connectivity index (χ0) is 22.2. The van der Waals surface area contributed by atoms with Gasteiger partial charge in [0.2, 0.25) is 5.95 Å². The minimum Gasteiger partial charge on any atom is -0.389 e. The lowest BCUT2D eigenvalue weighted by Gasteiger charge is -2.26. The summed E-state index contributed by atoms with van der Waals surface area (Å²) in [5.74, 6) is 0.0302. The number of rotatable bonds is 5. The van der Waals surface area contributed by atoms with Crippen molar-refractivity contribution < 1.29 is 9.50 Å². The summed E-state index contributed by atoms with van der Waals surface area (Å²) in [4.78, 5) is 22.3. The molecule has 1 aromatic carbocycles. The summed E-state index contributed by atoms with van der Waals surface area (Å²) >= 11 is 0. The highest BCUT2D eigenvalue weighted by Gasteiger charge is 2.22. The van der Waals surface area contributed by atoms with Crippen LogP contribution in [0.1, 0.15) is 57.6 Å². The van der Waals surface area contributed by atoms with E-state index in [0.717, 1.165) is 42.2 Å². The molecular weight excluding hydrogens is 395 g/mol. The Morgan fingerprint density at radius 3 is 2.58 bits per heavy atom. The minimum atomic E-state index is -0.954. The number of nitrogens with zero attached hydrogens (tertiary/aromatic N) is 3. The number of aromatic nitrogens is 3. The van der Waals surface area contributed by atoms with E-state index < -0.39 is 5.60 Å². The Balaban J connectivity index is 1.95. The van der Waals surface area contributed by atoms with Gasteiger partial charge in [-0.2, -0.15) is 4.98 Å². The Morgan fingerprint density at radius 1 is 1.16 bits per heavy atom. The maximum absolute atomic E-state index is 13.7. The summed E-state index contributed by atoms with van der Waals surface area (Å²) in [6.07, 6.45) is 5.25. The maximum Gasteiger partial charge on any atom is 0.252 e. The topological polar surface area (TPSA) is 80.0 Å². The highest BCUT2D eigenvalue weighted by Crippen LogP contribution is 2.33. The number of halogens is 1. The number of aryl methyl sites for hydroxylation is 1. The van der Waals surface area contributed by atoms with E-state index in [2.05, 4.69) is 5.32 Å². The molecule has 0 radical (unpaired) electrons. The quantitative estimate of drug-likeness (QED) is 0.626. The average molecular weight is 425 g/mol. The van der Waals surface area contributed by atoms with Crippen LogP contribution in [0.15, 0.2) is 35.1 Å². The highest BCUT2D eigenvalue weighted by molar-refractivity contribution is 5.92. The van der Waals surface area contributed by atoms with Crippen molar-refractivity contribution in [2.45, 2.75) is 64.5 Å². The van der Waals surface area contributed by atoms with Gasteiger partial charge in [-0.25, -0.2) is 9.37 Å². The van der Waals surface area contributed by atoms with Crippen LogP contribution in [-0.4, -0.2) is 31.8 Å². The van der Waals surface area contributed by atoms with Crippen LogP contribution in [0, 0.1) is 12.7 Å². The monoisotopic (exact) mass is 424 g/mol. The maximum atomic E-state index is 13.7. The fraction of sp³-hybridized carbons (Fsp3) is 0.458. The molecule has 3 aromatic rings. The SMILES string of the molecule is Cc1cc(F)ccc1-c1nc(NCC(C)(C)O)nc2c1ccc(=O)n2C1CCCCC1. The Kier molecular flexibility index (Phi) is 5.79. The van der Waals surface area contributed by atoms with Crippen LogP contribution in [0.3, 0.4) is 0 Å². The summed E-state index contributed by atoms with van der Waals surface area (Å²) in [6, 6.07) is 8.04. The molecule has 0 spiro atoms. The van der Waals surface area contributed by atoms with Crippen molar-refractivity contribution in [1.82, 2.24) is 14.5 Å². The molecule has 6 nitrogen and oxygen atoms in total. The van der Waals surface area contributed by atoms with E-state index >= 15 is 0 Å². The largest absolute Gasteiger partial charge is 0.389 e. The molecule has 1 aliphatic carbocycles. The van der Waals surface area contributed by atoms with E-state index in [1.54, 1.807) is 36.6 Å². The first-order valence-corrected chi connectivity index (χ1v) is 10.9. The third-order valence-corrected chi connectivity index (χ3v) is 5.85. The van der Waals surface area contributed by atoms with E-state index in [4.69, 9.17) is 9.97 Å². The Bertz CT molecular complexity index is 1160. The van der Waals surface area contributed by atoms with Gasteiger partial charge in [-0.05, 0) is 63.4 Å². The first kappa shape index (κ1) is 21.4. The molecular formula is C24H29FN4O2. The third kappa shape index (κ3) is 4.61. The molecule has 0 saturated heterocycles. The predicted octanol–water partition coefficient (Wildman–Crippen LogP) is 4.59. The van der Waals surface area contributed by atoms with Gasteiger partial charge in [-0.15, -0.1) is 0 Å². The lowest BCUT2D eigenvalue weighted by Crippen LogP contribution is -2.30. The van der Waals surface area contributed by atoms with Crippen LogP contribution in [0.4, 0.5) is 10.3 Å². The number of anilines is 1. The molecule has 2 N–H and O–H groups in total. The first-order valence-electron chi connectivity index (χ1n) is 10.9. The second-order valence-corrected chi connectivity index (χ2v) is 9.09. The van der Waals surface area contributed by atoms with Crippen LogP contribution >= 0.6 is 0 Å². The third-order valence-electron chi connectivity index (χ3n) is 5.85. The van der Waals surface area contributed by atoms with Crippen molar-refractivity contribution in [3.8, 4) is 11.3 Å². The second kappa shape index (κ2) is 8.38. The summed E-state index contributed by atoms with van der Waals surface area (Å²) in [5.41, 5.74) is 1.73. The van der Waals surface area contributed by atoms with Crippen molar-refractivity contribution in [3.63, 3.8) is 0 Å². The summed E-state index contributed by atoms with van der Waals surface area (Å²) in [7, 11) is 0. The molecule has 0 amide bonds. The molecule has 2 heterocycles. The second-order valence-electron chi connectivity index (χ2n) is 9.09. The number of hydrogen-bond donors (Lipinski definition) is 2. The molecule has 7 heteroatoms. The molecule has 0 aliphatic heterocycles. The number of fused-ring (bicyclic) bond motifs is 1. The summed E-state index contributed by atoms with van der Waals surface area (Å²) < 4.78 is 15.5.